The Morgan fingerprint density at radius 3 is 3.00 bits per heavy atom. The summed E-state index contributed by atoms with van der Waals surface area (Å²) in [6.45, 7) is 3.18. The van der Waals surface area contributed by atoms with Gasteiger partial charge in [0, 0.05) is 32.6 Å². The third-order valence-electron chi connectivity index (χ3n) is 4.22. The molecule has 0 radical (unpaired) electrons. The maximum atomic E-state index is 12.2. The third kappa shape index (κ3) is 3.53. The van der Waals surface area contributed by atoms with Crippen LogP contribution in [-0.2, 0) is 18.3 Å². The van der Waals surface area contributed by atoms with Crippen molar-refractivity contribution in [2.45, 2.75) is 32.0 Å². The number of benzene rings is 1. The van der Waals surface area contributed by atoms with Crippen molar-refractivity contribution >= 4 is 6.03 Å². The van der Waals surface area contributed by atoms with Crippen LogP contribution in [0.5, 0.6) is 0 Å². The summed E-state index contributed by atoms with van der Waals surface area (Å²) in [5.74, 6) is 0.840. The lowest BCUT2D eigenvalue weighted by molar-refractivity contribution is 0.0908. The first kappa shape index (κ1) is 15.6. The number of imidazole rings is 1. The Hall–Kier alpha value is -2.34. The maximum absolute atomic E-state index is 12.2. The van der Waals surface area contributed by atoms with Gasteiger partial charge >= 0.3 is 6.03 Å². The second kappa shape index (κ2) is 6.83. The fourth-order valence-electron chi connectivity index (χ4n) is 2.85. The van der Waals surface area contributed by atoms with Crippen LogP contribution in [0.15, 0.2) is 36.7 Å². The third-order valence-corrected chi connectivity index (χ3v) is 4.22. The van der Waals surface area contributed by atoms with Crippen molar-refractivity contribution in [2.24, 2.45) is 7.05 Å². The van der Waals surface area contributed by atoms with Crippen LogP contribution in [0, 0.1) is 6.92 Å². The number of hydrogen-bond donors (Lipinski definition) is 2. The van der Waals surface area contributed by atoms with Gasteiger partial charge < -0.3 is 19.9 Å². The molecular formula is C17H22N4O2. The highest BCUT2D eigenvalue weighted by Gasteiger charge is 2.33. The normalized spacial score (nSPS) is 20.4. The van der Waals surface area contributed by atoms with Gasteiger partial charge in [0.1, 0.15) is 11.9 Å². The van der Waals surface area contributed by atoms with Gasteiger partial charge in [-0.15, -0.1) is 0 Å². The number of ether oxygens (including phenoxy) is 1. The molecule has 2 amide bonds. The first-order valence-corrected chi connectivity index (χ1v) is 7.83. The Balaban J connectivity index is 1.57. The van der Waals surface area contributed by atoms with Crippen LogP contribution in [0.2, 0.25) is 0 Å². The van der Waals surface area contributed by atoms with Gasteiger partial charge in [-0.05, 0) is 24.5 Å². The van der Waals surface area contributed by atoms with E-state index in [1.54, 1.807) is 6.20 Å². The standard InChI is InChI=1S/C17H22N4O2/c1-12-5-3-4-6-13(12)11-19-17(22)20-14-7-10-23-15(14)16-18-8-9-21(16)2/h3-6,8-9,14-15H,7,10-11H2,1-2H3,(H2,19,20,22)/t14-,15-/m0/s1. The molecule has 6 nitrogen and oxygen atoms in total. The van der Waals surface area contributed by atoms with E-state index in [0.717, 1.165) is 17.8 Å². The van der Waals surface area contributed by atoms with Gasteiger partial charge in [0.05, 0.1) is 6.04 Å². The summed E-state index contributed by atoms with van der Waals surface area (Å²) in [6.07, 6.45) is 4.22. The molecule has 0 aliphatic carbocycles. The van der Waals surface area contributed by atoms with Gasteiger partial charge in [-0.2, -0.15) is 0 Å². The SMILES string of the molecule is Cc1ccccc1CNC(=O)N[C@H]1CCO[C@@H]1c1nccn1C. The highest BCUT2D eigenvalue weighted by Crippen LogP contribution is 2.27. The smallest absolute Gasteiger partial charge is 0.315 e. The highest BCUT2D eigenvalue weighted by atomic mass is 16.5. The minimum absolute atomic E-state index is 0.0621. The van der Waals surface area contributed by atoms with E-state index in [-0.39, 0.29) is 18.2 Å². The van der Waals surface area contributed by atoms with Crippen molar-refractivity contribution in [3.05, 3.63) is 53.6 Å². The molecule has 2 N–H and O–H groups in total. The van der Waals surface area contributed by atoms with Crippen molar-refractivity contribution in [2.75, 3.05) is 6.61 Å². The molecule has 2 heterocycles. The molecule has 1 aromatic carbocycles. The van der Waals surface area contributed by atoms with E-state index in [0.29, 0.717) is 13.2 Å². The molecular weight excluding hydrogens is 292 g/mol. The van der Waals surface area contributed by atoms with E-state index >= 15 is 0 Å². The number of rotatable bonds is 4. The van der Waals surface area contributed by atoms with Crippen LogP contribution in [-0.4, -0.2) is 28.2 Å². The fraction of sp³-hybridized carbons (Fsp3) is 0.412. The molecule has 0 saturated carbocycles. The number of hydrogen-bond acceptors (Lipinski definition) is 3. The first-order valence-electron chi connectivity index (χ1n) is 7.83. The summed E-state index contributed by atoms with van der Waals surface area (Å²) < 4.78 is 7.67. The van der Waals surface area contributed by atoms with Crippen LogP contribution in [0.4, 0.5) is 4.79 Å². The number of carbonyl (C=O) groups excluding carboxylic acids is 1. The summed E-state index contributed by atoms with van der Waals surface area (Å²) in [6, 6.07) is 7.79. The van der Waals surface area contributed by atoms with Gasteiger partial charge in [-0.1, -0.05) is 24.3 Å². The average Bonchev–Trinajstić information content (AvgIpc) is 3.15. The number of nitrogens with zero attached hydrogens (tertiary/aromatic N) is 2. The van der Waals surface area contributed by atoms with E-state index in [1.807, 2.05) is 49.0 Å². The number of aryl methyl sites for hydroxylation is 2. The molecule has 3 rings (SSSR count). The highest BCUT2D eigenvalue weighted by molar-refractivity contribution is 5.74. The second-order valence-electron chi connectivity index (χ2n) is 5.84. The molecule has 2 aromatic rings. The molecule has 2 atom stereocenters. The summed E-state index contributed by atoms with van der Waals surface area (Å²) in [5, 5.41) is 5.92. The molecule has 1 aliphatic heterocycles. The average molecular weight is 314 g/mol. The zero-order chi connectivity index (χ0) is 16.2. The predicted octanol–water partition coefficient (Wildman–Crippen LogP) is 2.06. The number of nitrogens with one attached hydrogen (secondary N) is 2. The molecule has 1 aromatic heterocycles. The number of carbonyl (C=O) groups is 1. The van der Waals surface area contributed by atoms with Gasteiger partial charge in [0.15, 0.2) is 0 Å². The van der Waals surface area contributed by atoms with Crippen LogP contribution in [0.3, 0.4) is 0 Å². The van der Waals surface area contributed by atoms with Crippen molar-refractivity contribution in [1.82, 2.24) is 20.2 Å². The maximum Gasteiger partial charge on any atom is 0.315 e. The quantitative estimate of drug-likeness (QED) is 0.907. The number of aromatic nitrogens is 2. The minimum Gasteiger partial charge on any atom is -0.368 e. The van der Waals surface area contributed by atoms with Crippen LogP contribution in [0.1, 0.15) is 29.5 Å². The van der Waals surface area contributed by atoms with Crippen molar-refractivity contribution in [3.63, 3.8) is 0 Å². The van der Waals surface area contributed by atoms with Crippen LogP contribution in [0.25, 0.3) is 0 Å². The van der Waals surface area contributed by atoms with E-state index in [9.17, 15) is 4.79 Å². The molecule has 1 aliphatic rings. The summed E-state index contributed by atoms with van der Waals surface area (Å²) in [4.78, 5) is 16.5. The Morgan fingerprint density at radius 2 is 2.26 bits per heavy atom. The lowest BCUT2D eigenvalue weighted by Gasteiger charge is -2.20. The number of urea groups is 1. The zero-order valence-corrected chi connectivity index (χ0v) is 13.5. The summed E-state index contributed by atoms with van der Waals surface area (Å²) >= 11 is 0. The zero-order valence-electron chi connectivity index (χ0n) is 13.5. The van der Waals surface area contributed by atoms with Crippen molar-refractivity contribution < 1.29 is 9.53 Å². The lowest BCUT2D eigenvalue weighted by atomic mass is 10.1. The van der Waals surface area contributed by atoms with E-state index < -0.39 is 0 Å². The largest absolute Gasteiger partial charge is 0.368 e. The fourth-order valence-corrected chi connectivity index (χ4v) is 2.85. The molecule has 122 valence electrons. The summed E-state index contributed by atoms with van der Waals surface area (Å²) in [7, 11) is 1.93. The van der Waals surface area contributed by atoms with Gasteiger partial charge in [0.2, 0.25) is 0 Å². The monoisotopic (exact) mass is 314 g/mol. The number of amides is 2. The summed E-state index contributed by atoms with van der Waals surface area (Å²) in [5.41, 5.74) is 2.29. The van der Waals surface area contributed by atoms with Gasteiger partial charge in [-0.25, -0.2) is 9.78 Å². The van der Waals surface area contributed by atoms with E-state index in [1.165, 1.54) is 5.56 Å². The second-order valence-corrected chi connectivity index (χ2v) is 5.84. The Bertz CT molecular complexity index is 683. The van der Waals surface area contributed by atoms with Gasteiger partial charge in [0.25, 0.3) is 0 Å². The Kier molecular flexibility index (Phi) is 4.62. The molecule has 0 spiro atoms. The molecule has 0 bridgehead atoms. The molecule has 1 saturated heterocycles. The van der Waals surface area contributed by atoms with E-state index in [2.05, 4.69) is 15.6 Å². The topological polar surface area (TPSA) is 68.2 Å². The van der Waals surface area contributed by atoms with Crippen LogP contribution < -0.4 is 10.6 Å². The minimum atomic E-state index is -0.195. The van der Waals surface area contributed by atoms with E-state index in [4.69, 9.17) is 4.74 Å². The Morgan fingerprint density at radius 1 is 1.43 bits per heavy atom. The van der Waals surface area contributed by atoms with Crippen LogP contribution >= 0.6 is 0 Å². The predicted molar refractivity (Wildman–Crippen MR) is 86.9 cm³/mol. The Labute approximate surface area is 135 Å². The first-order chi connectivity index (χ1) is 11.1. The van der Waals surface area contributed by atoms with Gasteiger partial charge in [-0.3, -0.25) is 0 Å². The molecule has 6 heteroatoms. The molecule has 1 fully saturated rings. The molecule has 23 heavy (non-hydrogen) atoms. The molecule has 0 unspecified atom stereocenters. The van der Waals surface area contributed by atoms with Crippen molar-refractivity contribution in [1.29, 1.82) is 0 Å². The van der Waals surface area contributed by atoms with Crippen molar-refractivity contribution in [3.8, 4) is 0 Å². The lowest BCUT2D eigenvalue weighted by Crippen LogP contribution is -2.43.